The molecule has 2 amide bonds. The van der Waals surface area contributed by atoms with Gasteiger partial charge in [0, 0.05) is 31.5 Å². The van der Waals surface area contributed by atoms with E-state index < -0.39 is 16.1 Å². The molecule has 9 heteroatoms. The van der Waals surface area contributed by atoms with Gasteiger partial charge in [-0.25, -0.2) is 18.2 Å². The van der Waals surface area contributed by atoms with Gasteiger partial charge in [-0.15, -0.1) is 0 Å². The van der Waals surface area contributed by atoms with Gasteiger partial charge in [-0.2, -0.15) is 9.57 Å². The zero-order valence-electron chi connectivity index (χ0n) is 15.3. The number of hydrogen-bond donors (Lipinski definition) is 2. The molecule has 3 rings (SSSR count). The van der Waals surface area contributed by atoms with E-state index in [9.17, 15) is 13.2 Å². The lowest BCUT2D eigenvalue weighted by atomic mass is 10.2. The van der Waals surface area contributed by atoms with Gasteiger partial charge in [0.15, 0.2) is 0 Å². The summed E-state index contributed by atoms with van der Waals surface area (Å²) in [6, 6.07) is 11.0. The smallest absolute Gasteiger partial charge is 0.319 e. The topological polar surface area (TPSA) is 115 Å². The molecular weight excluding hydrogens is 378 g/mol. The Balaban J connectivity index is 1.56. The minimum absolute atomic E-state index is 0.226. The van der Waals surface area contributed by atoms with Crippen molar-refractivity contribution in [3.8, 4) is 6.07 Å². The number of piperidine rings is 1. The van der Waals surface area contributed by atoms with Crippen molar-refractivity contribution in [2.45, 2.75) is 30.7 Å². The average Bonchev–Trinajstić information content (AvgIpc) is 2.73. The Bertz CT molecular complexity index is 960. The van der Waals surface area contributed by atoms with Crippen LogP contribution >= 0.6 is 0 Å². The normalized spacial score (nSPS) is 14.8. The lowest BCUT2D eigenvalue weighted by Crippen LogP contribution is -2.35. The monoisotopic (exact) mass is 399 g/mol. The number of pyridine rings is 1. The summed E-state index contributed by atoms with van der Waals surface area (Å²) in [6.07, 6.45) is 4.35. The van der Waals surface area contributed by atoms with Crippen molar-refractivity contribution in [2.24, 2.45) is 0 Å². The second kappa shape index (κ2) is 8.82. The Kier molecular flexibility index (Phi) is 6.23. The largest absolute Gasteiger partial charge is 0.334 e. The molecule has 0 unspecified atom stereocenters. The summed E-state index contributed by atoms with van der Waals surface area (Å²) in [4.78, 5) is 16.2. The number of hydrogen-bond acceptors (Lipinski definition) is 5. The quantitative estimate of drug-likeness (QED) is 0.801. The van der Waals surface area contributed by atoms with E-state index in [1.165, 1.54) is 22.6 Å². The van der Waals surface area contributed by atoms with E-state index in [-0.39, 0.29) is 11.4 Å². The van der Waals surface area contributed by atoms with Crippen molar-refractivity contribution < 1.29 is 13.2 Å². The highest BCUT2D eigenvalue weighted by molar-refractivity contribution is 7.89. The van der Waals surface area contributed by atoms with Gasteiger partial charge in [0.25, 0.3) is 0 Å². The molecule has 146 valence electrons. The molecule has 28 heavy (non-hydrogen) atoms. The standard InChI is InChI=1S/C19H21N5O3S/c20-12-17-5-4-15(13-21-17)14-22-19(25)23-16-6-8-18(9-7-16)28(26,27)24-10-2-1-3-11-24/h4-9,13H,1-3,10-11,14H2,(H2,22,23,25). The molecule has 2 heterocycles. The number of anilines is 1. The molecule has 0 saturated carbocycles. The number of urea groups is 1. The van der Waals surface area contributed by atoms with E-state index in [0.29, 0.717) is 24.5 Å². The van der Waals surface area contributed by atoms with E-state index in [1.54, 1.807) is 24.3 Å². The highest BCUT2D eigenvalue weighted by Gasteiger charge is 2.25. The summed E-state index contributed by atoms with van der Waals surface area (Å²) >= 11 is 0. The van der Waals surface area contributed by atoms with Crippen LogP contribution < -0.4 is 10.6 Å². The fraction of sp³-hybridized carbons (Fsp3) is 0.316. The third-order valence-electron chi connectivity index (χ3n) is 4.46. The maximum atomic E-state index is 12.6. The van der Waals surface area contributed by atoms with Crippen LogP contribution in [0.4, 0.5) is 10.5 Å². The van der Waals surface area contributed by atoms with Gasteiger partial charge in [0.2, 0.25) is 10.0 Å². The Morgan fingerprint density at radius 2 is 1.82 bits per heavy atom. The van der Waals surface area contributed by atoms with Gasteiger partial charge >= 0.3 is 6.03 Å². The first-order valence-corrected chi connectivity index (χ1v) is 10.4. The van der Waals surface area contributed by atoms with Gasteiger partial charge in [0.1, 0.15) is 11.8 Å². The summed E-state index contributed by atoms with van der Waals surface area (Å²) in [7, 11) is -3.48. The van der Waals surface area contributed by atoms with Crippen LogP contribution in [0.1, 0.15) is 30.5 Å². The molecule has 0 radical (unpaired) electrons. The van der Waals surface area contributed by atoms with Crippen LogP contribution in [0.3, 0.4) is 0 Å². The molecule has 1 aromatic heterocycles. The van der Waals surface area contributed by atoms with Gasteiger partial charge in [-0.3, -0.25) is 0 Å². The molecule has 1 aliphatic rings. The number of nitrogens with one attached hydrogen (secondary N) is 2. The van der Waals surface area contributed by atoms with E-state index in [1.807, 2.05) is 6.07 Å². The van der Waals surface area contributed by atoms with Gasteiger partial charge in [-0.05, 0) is 48.7 Å². The summed E-state index contributed by atoms with van der Waals surface area (Å²) in [5.74, 6) is 0. The Morgan fingerprint density at radius 3 is 2.43 bits per heavy atom. The zero-order chi connectivity index (χ0) is 20.0. The first kappa shape index (κ1) is 19.8. The molecule has 1 aromatic carbocycles. The van der Waals surface area contributed by atoms with Crippen LogP contribution in [0.5, 0.6) is 0 Å². The number of nitriles is 1. The number of carbonyl (C=O) groups is 1. The van der Waals surface area contributed by atoms with Crippen molar-refractivity contribution in [1.29, 1.82) is 5.26 Å². The maximum absolute atomic E-state index is 12.6. The summed E-state index contributed by atoms with van der Waals surface area (Å²) < 4.78 is 26.8. The third-order valence-corrected chi connectivity index (χ3v) is 6.37. The Labute approximate surface area is 164 Å². The molecule has 1 aliphatic heterocycles. The van der Waals surface area contributed by atoms with Gasteiger partial charge in [-0.1, -0.05) is 12.5 Å². The number of sulfonamides is 1. The van der Waals surface area contributed by atoms with Crippen LogP contribution in [0.25, 0.3) is 0 Å². The Hall–Kier alpha value is -2.96. The average molecular weight is 399 g/mol. The van der Waals surface area contributed by atoms with Gasteiger partial charge in [0.05, 0.1) is 4.90 Å². The minimum atomic E-state index is -3.48. The first-order valence-electron chi connectivity index (χ1n) is 8.99. The lowest BCUT2D eigenvalue weighted by Gasteiger charge is -2.25. The number of nitrogens with zero attached hydrogens (tertiary/aromatic N) is 3. The molecule has 1 fully saturated rings. The molecule has 0 bridgehead atoms. The first-order chi connectivity index (χ1) is 13.5. The number of carbonyl (C=O) groups excluding carboxylic acids is 1. The SMILES string of the molecule is N#Cc1ccc(CNC(=O)Nc2ccc(S(=O)(=O)N3CCCCC3)cc2)cn1. The number of rotatable bonds is 5. The predicted molar refractivity (Wildman–Crippen MR) is 104 cm³/mol. The van der Waals surface area contributed by atoms with Crippen molar-refractivity contribution >= 4 is 21.7 Å². The summed E-state index contributed by atoms with van der Waals surface area (Å²) in [5.41, 5.74) is 1.57. The van der Waals surface area contributed by atoms with Crippen molar-refractivity contribution in [3.05, 3.63) is 53.9 Å². The van der Waals surface area contributed by atoms with Crippen molar-refractivity contribution in [3.63, 3.8) is 0 Å². The van der Waals surface area contributed by atoms with E-state index in [4.69, 9.17) is 5.26 Å². The fourth-order valence-corrected chi connectivity index (χ4v) is 4.43. The molecule has 8 nitrogen and oxygen atoms in total. The maximum Gasteiger partial charge on any atom is 0.319 e. The summed E-state index contributed by atoms with van der Waals surface area (Å²) in [5, 5.41) is 14.1. The van der Waals surface area contributed by atoms with Crippen molar-refractivity contribution in [2.75, 3.05) is 18.4 Å². The fourth-order valence-electron chi connectivity index (χ4n) is 2.92. The van der Waals surface area contributed by atoms with E-state index in [0.717, 1.165) is 24.8 Å². The van der Waals surface area contributed by atoms with Crippen LogP contribution in [0.2, 0.25) is 0 Å². The summed E-state index contributed by atoms with van der Waals surface area (Å²) in [6.45, 7) is 1.36. The molecule has 2 N–H and O–H groups in total. The molecular formula is C19H21N5O3S. The van der Waals surface area contributed by atoms with Crippen LogP contribution in [0, 0.1) is 11.3 Å². The minimum Gasteiger partial charge on any atom is -0.334 e. The highest BCUT2D eigenvalue weighted by atomic mass is 32.2. The predicted octanol–water partition coefficient (Wildman–Crippen LogP) is 2.45. The van der Waals surface area contributed by atoms with Crippen molar-refractivity contribution in [1.82, 2.24) is 14.6 Å². The number of amides is 2. The lowest BCUT2D eigenvalue weighted by molar-refractivity contribution is 0.251. The van der Waals surface area contributed by atoms with Crippen LogP contribution in [0.15, 0.2) is 47.5 Å². The second-order valence-corrected chi connectivity index (χ2v) is 8.40. The highest BCUT2D eigenvalue weighted by Crippen LogP contribution is 2.21. The van der Waals surface area contributed by atoms with Crippen LogP contribution in [-0.2, 0) is 16.6 Å². The van der Waals surface area contributed by atoms with E-state index >= 15 is 0 Å². The molecule has 0 spiro atoms. The second-order valence-electron chi connectivity index (χ2n) is 6.46. The van der Waals surface area contributed by atoms with Crippen LogP contribution in [-0.4, -0.2) is 36.8 Å². The number of aromatic nitrogens is 1. The van der Waals surface area contributed by atoms with Gasteiger partial charge < -0.3 is 10.6 Å². The molecule has 0 aliphatic carbocycles. The van der Waals surface area contributed by atoms with E-state index in [2.05, 4.69) is 15.6 Å². The third kappa shape index (κ3) is 4.85. The number of benzene rings is 1. The molecule has 1 saturated heterocycles. The molecule has 2 aromatic rings. The Morgan fingerprint density at radius 1 is 1.11 bits per heavy atom. The molecule has 0 atom stereocenters. The zero-order valence-corrected chi connectivity index (χ0v) is 16.1.